The third-order valence-corrected chi connectivity index (χ3v) is 3.25. The summed E-state index contributed by atoms with van der Waals surface area (Å²) in [6.07, 6.45) is 0. The van der Waals surface area contributed by atoms with Gasteiger partial charge < -0.3 is 5.32 Å². The Balaban J connectivity index is 2.01. The van der Waals surface area contributed by atoms with Crippen LogP contribution >= 0.6 is 15.9 Å². The maximum absolute atomic E-state index is 13.3. The van der Waals surface area contributed by atoms with Crippen LogP contribution < -0.4 is 5.32 Å². The summed E-state index contributed by atoms with van der Waals surface area (Å²) < 4.78 is 13.7. The van der Waals surface area contributed by atoms with Gasteiger partial charge in [-0.15, -0.1) is 0 Å². The highest BCUT2D eigenvalue weighted by Gasteiger charge is 2.03. The molecule has 0 spiro atoms. The monoisotopic (exact) mass is 317 g/mol. The molecule has 0 atom stereocenters. The molecule has 3 heteroatoms. The molecule has 1 N–H and O–H groups in total. The van der Waals surface area contributed by atoms with E-state index in [9.17, 15) is 4.39 Å². The van der Waals surface area contributed by atoms with Crippen LogP contribution in [0, 0.1) is 24.6 Å². The van der Waals surface area contributed by atoms with E-state index in [0.29, 0.717) is 11.0 Å². The molecule has 0 aliphatic heterocycles. The lowest BCUT2D eigenvalue weighted by atomic mass is 10.2. The van der Waals surface area contributed by atoms with Gasteiger partial charge in [-0.25, -0.2) is 4.39 Å². The molecular formula is C16H13BrFN. The first kappa shape index (κ1) is 13.6. The molecule has 0 heterocycles. The number of hydrogen-bond donors (Lipinski definition) is 1. The smallest absolute Gasteiger partial charge is 0.137 e. The molecule has 0 fully saturated rings. The Morgan fingerprint density at radius 3 is 2.68 bits per heavy atom. The van der Waals surface area contributed by atoms with Crippen LogP contribution in [-0.4, -0.2) is 6.54 Å². The van der Waals surface area contributed by atoms with E-state index in [0.717, 1.165) is 16.8 Å². The Labute approximate surface area is 121 Å². The summed E-state index contributed by atoms with van der Waals surface area (Å²) in [6, 6.07) is 13.0. The quantitative estimate of drug-likeness (QED) is 0.811. The second kappa shape index (κ2) is 6.40. The zero-order chi connectivity index (χ0) is 13.7. The van der Waals surface area contributed by atoms with Crippen molar-refractivity contribution >= 4 is 21.6 Å². The Kier molecular flexibility index (Phi) is 4.59. The molecular weight excluding hydrogens is 305 g/mol. The van der Waals surface area contributed by atoms with Gasteiger partial charge in [-0.1, -0.05) is 30.0 Å². The fourth-order valence-corrected chi connectivity index (χ4v) is 1.99. The summed E-state index contributed by atoms with van der Waals surface area (Å²) in [4.78, 5) is 0. The van der Waals surface area contributed by atoms with Crippen LogP contribution in [0.4, 0.5) is 10.1 Å². The minimum atomic E-state index is -0.251. The number of benzene rings is 2. The lowest BCUT2D eigenvalue weighted by Gasteiger charge is -2.07. The molecule has 0 aliphatic carbocycles. The minimum Gasteiger partial charge on any atom is -0.374 e. The molecule has 0 amide bonds. The molecule has 2 rings (SSSR count). The summed E-state index contributed by atoms with van der Waals surface area (Å²) in [6.45, 7) is 2.39. The molecule has 2 aromatic carbocycles. The van der Waals surface area contributed by atoms with Crippen LogP contribution in [0.25, 0.3) is 0 Å². The standard InChI is InChI=1S/C16H13BrFN/c1-12-10-15(18)14(17)11-16(12)19-9-5-8-13-6-3-2-4-7-13/h2-4,6-7,10-11,19H,9H2,1H3. The van der Waals surface area contributed by atoms with Crippen LogP contribution in [-0.2, 0) is 0 Å². The van der Waals surface area contributed by atoms with Gasteiger partial charge in [-0.3, -0.25) is 0 Å². The largest absolute Gasteiger partial charge is 0.374 e. The normalized spacial score (nSPS) is 9.63. The van der Waals surface area contributed by atoms with Crippen LogP contribution in [0.15, 0.2) is 46.9 Å². The summed E-state index contributed by atoms with van der Waals surface area (Å²) >= 11 is 3.17. The van der Waals surface area contributed by atoms with E-state index in [1.54, 1.807) is 6.07 Å². The SMILES string of the molecule is Cc1cc(F)c(Br)cc1NCC#Cc1ccccc1. The summed E-state index contributed by atoms with van der Waals surface area (Å²) in [5.41, 5.74) is 2.74. The zero-order valence-corrected chi connectivity index (χ0v) is 12.1. The topological polar surface area (TPSA) is 12.0 Å². The predicted molar refractivity (Wildman–Crippen MR) is 80.6 cm³/mol. The molecule has 0 radical (unpaired) electrons. The highest BCUT2D eigenvalue weighted by atomic mass is 79.9. The Bertz CT molecular complexity index is 626. The molecule has 19 heavy (non-hydrogen) atoms. The van der Waals surface area contributed by atoms with E-state index in [2.05, 4.69) is 33.1 Å². The van der Waals surface area contributed by atoms with Gasteiger partial charge >= 0.3 is 0 Å². The van der Waals surface area contributed by atoms with Gasteiger partial charge in [0.2, 0.25) is 0 Å². The average molecular weight is 318 g/mol. The van der Waals surface area contributed by atoms with Crippen molar-refractivity contribution < 1.29 is 4.39 Å². The fourth-order valence-electron chi connectivity index (χ4n) is 1.64. The van der Waals surface area contributed by atoms with Crippen LogP contribution in [0.2, 0.25) is 0 Å². The van der Waals surface area contributed by atoms with E-state index in [4.69, 9.17) is 0 Å². The zero-order valence-electron chi connectivity index (χ0n) is 10.5. The molecule has 2 aromatic rings. The van der Waals surface area contributed by atoms with Crippen molar-refractivity contribution in [1.29, 1.82) is 0 Å². The van der Waals surface area contributed by atoms with Crippen LogP contribution in [0.1, 0.15) is 11.1 Å². The van der Waals surface area contributed by atoms with Gasteiger partial charge in [0.1, 0.15) is 5.82 Å². The molecule has 1 nitrogen and oxygen atoms in total. The first-order chi connectivity index (χ1) is 9.16. The van der Waals surface area contributed by atoms with Crippen LogP contribution in [0.3, 0.4) is 0 Å². The number of rotatable bonds is 2. The fraction of sp³-hybridized carbons (Fsp3) is 0.125. The number of anilines is 1. The first-order valence-corrected chi connectivity index (χ1v) is 6.69. The maximum atomic E-state index is 13.3. The van der Waals surface area contributed by atoms with Gasteiger partial charge in [-0.05, 0) is 52.7 Å². The van der Waals surface area contributed by atoms with E-state index in [1.165, 1.54) is 6.07 Å². The molecule has 0 saturated carbocycles. The van der Waals surface area contributed by atoms with Crippen LogP contribution in [0.5, 0.6) is 0 Å². The highest BCUT2D eigenvalue weighted by molar-refractivity contribution is 9.10. The summed E-state index contributed by atoms with van der Waals surface area (Å²) in [5.74, 6) is 5.85. The third-order valence-electron chi connectivity index (χ3n) is 2.64. The molecule has 0 unspecified atom stereocenters. The van der Waals surface area contributed by atoms with Crippen molar-refractivity contribution in [3.05, 3.63) is 63.9 Å². The predicted octanol–water partition coefficient (Wildman–Crippen LogP) is 4.36. The van der Waals surface area contributed by atoms with Gasteiger partial charge in [-0.2, -0.15) is 0 Å². The summed E-state index contributed by atoms with van der Waals surface area (Å²) in [5, 5.41) is 3.18. The van der Waals surface area contributed by atoms with Gasteiger partial charge in [0.25, 0.3) is 0 Å². The lowest BCUT2D eigenvalue weighted by Crippen LogP contribution is -2.01. The lowest BCUT2D eigenvalue weighted by molar-refractivity contribution is 0.620. The van der Waals surface area contributed by atoms with Crippen molar-refractivity contribution in [2.24, 2.45) is 0 Å². The number of nitrogens with one attached hydrogen (secondary N) is 1. The van der Waals surface area contributed by atoms with Gasteiger partial charge in [0.05, 0.1) is 11.0 Å². The Hall–Kier alpha value is -1.79. The average Bonchev–Trinajstić information content (AvgIpc) is 2.41. The van der Waals surface area contributed by atoms with Crippen molar-refractivity contribution in [3.63, 3.8) is 0 Å². The van der Waals surface area contributed by atoms with E-state index >= 15 is 0 Å². The van der Waals surface area contributed by atoms with E-state index < -0.39 is 0 Å². The molecule has 0 aromatic heterocycles. The van der Waals surface area contributed by atoms with Gasteiger partial charge in [0.15, 0.2) is 0 Å². The highest BCUT2D eigenvalue weighted by Crippen LogP contribution is 2.23. The molecule has 0 aliphatic rings. The minimum absolute atomic E-state index is 0.251. The van der Waals surface area contributed by atoms with Crippen molar-refractivity contribution in [1.82, 2.24) is 0 Å². The van der Waals surface area contributed by atoms with Crippen molar-refractivity contribution in [3.8, 4) is 11.8 Å². The third kappa shape index (κ3) is 3.84. The second-order valence-corrected chi connectivity index (χ2v) is 4.96. The second-order valence-electron chi connectivity index (χ2n) is 4.10. The van der Waals surface area contributed by atoms with E-state index in [1.807, 2.05) is 37.3 Å². The Morgan fingerprint density at radius 2 is 1.95 bits per heavy atom. The molecule has 0 saturated heterocycles. The first-order valence-electron chi connectivity index (χ1n) is 5.90. The maximum Gasteiger partial charge on any atom is 0.137 e. The number of aryl methyl sites for hydroxylation is 1. The van der Waals surface area contributed by atoms with Crippen molar-refractivity contribution in [2.75, 3.05) is 11.9 Å². The van der Waals surface area contributed by atoms with Crippen molar-refractivity contribution in [2.45, 2.75) is 6.92 Å². The molecule has 96 valence electrons. The molecule has 0 bridgehead atoms. The number of halogens is 2. The Morgan fingerprint density at radius 1 is 1.21 bits per heavy atom. The number of hydrogen-bond acceptors (Lipinski definition) is 1. The summed E-state index contributed by atoms with van der Waals surface area (Å²) in [7, 11) is 0. The van der Waals surface area contributed by atoms with Gasteiger partial charge in [0, 0.05) is 11.3 Å². The van der Waals surface area contributed by atoms with E-state index in [-0.39, 0.29) is 5.82 Å².